The Kier molecular flexibility index (Phi) is 8.49. The van der Waals surface area contributed by atoms with Gasteiger partial charge in [-0.1, -0.05) is 12.1 Å². The number of aryl methyl sites for hydroxylation is 1. The highest BCUT2D eigenvalue weighted by atomic mass is 16.5. The van der Waals surface area contributed by atoms with E-state index in [9.17, 15) is 14.4 Å². The van der Waals surface area contributed by atoms with Crippen LogP contribution in [0.15, 0.2) is 24.3 Å². The Morgan fingerprint density at radius 2 is 1.88 bits per heavy atom. The summed E-state index contributed by atoms with van der Waals surface area (Å²) in [5.74, 6) is -1.31. The SMILES string of the molecule is COCCCNC(=O)CN(C)C(=O)CCc1ccc(C(=O)O)cc1. The van der Waals surface area contributed by atoms with Crippen LogP contribution in [0.1, 0.15) is 28.8 Å². The molecule has 0 saturated heterocycles. The van der Waals surface area contributed by atoms with Gasteiger partial charge in [0.1, 0.15) is 0 Å². The fourth-order valence-electron chi connectivity index (χ4n) is 2.06. The van der Waals surface area contributed by atoms with Gasteiger partial charge in [-0.25, -0.2) is 4.79 Å². The first-order chi connectivity index (χ1) is 11.4. The quantitative estimate of drug-likeness (QED) is 0.620. The lowest BCUT2D eigenvalue weighted by atomic mass is 10.1. The van der Waals surface area contributed by atoms with Crippen LogP contribution in [0.25, 0.3) is 0 Å². The molecule has 0 aliphatic carbocycles. The smallest absolute Gasteiger partial charge is 0.335 e. The zero-order valence-electron chi connectivity index (χ0n) is 14.1. The lowest BCUT2D eigenvalue weighted by molar-refractivity contribution is -0.134. The summed E-state index contributed by atoms with van der Waals surface area (Å²) >= 11 is 0. The maximum absolute atomic E-state index is 12.0. The number of rotatable bonds is 10. The molecule has 2 amide bonds. The number of hydrogen-bond acceptors (Lipinski definition) is 4. The van der Waals surface area contributed by atoms with Crippen LogP contribution in [-0.2, 0) is 20.7 Å². The van der Waals surface area contributed by atoms with Crippen molar-refractivity contribution >= 4 is 17.8 Å². The molecule has 0 aromatic heterocycles. The third kappa shape index (κ3) is 7.23. The van der Waals surface area contributed by atoms with Gasteiger partial charge < -0.3 is 20.1 Å². The highest BCUT2D eigenvalue weighted by Gasteiger charge is 2.12. The second-order valence-corrected chi connectivity index (χ2v) is 5.45. The van der Waals surface area contributed by atoms with Gasteiger partial charge in [0.2, 0.25) is 11.8 Å². The van der Waals surface area contributed by atoms with E-state index in [1.54, 1.807) is 26.3 Å². The summed E-state index contributed by atoms with van der Waals surface area (Å²) in [5.41, 5.74) is 1.10. The van der Waals surface area contributed by atoms with Crippen molar-refractivity contribution in [3.8, 4) is 0 Å². The number of carboxylic acid groups (broad SMARTS) is 1. The van der Waals surface area contributed by atoms with Crippen LogP contribution in [-0.4, -0.2) is 61.6 Å². The number of carbonyl (C=O) groups excluding carboxylic acids is 2. The molecule has 0 unspecified atom stereocenters. The van der Waals surface area contributed by atoms with Gasteiger partial charge in [0.05, 0.1) is 12.1 Å². The number of methoxy groups -OCH3 is 1. The Labute approximate surface area is 141 Å². The van der Waals surface area contributed by atoms with Gasteiger partial charge in [-0.3, -0.25) is 9.59 Å². The molecule has 0 bridgehead atoms. The molecule has 132 valence electrons. The molecular weight excluding hydrogens is 312 g/mol. The Hall–Kier alpha value is -2.41. The molecule has 0 radical (unpaired) electrons. The van der Waals surface area contributed by atoms with Gasteiger partial charge in [-0.05, 0) is 30.5 Å². The van der Waals surface area contributed by atoms with E-state index in [1.807, 2.05) is 0 Å². The zero-order valence-corrected chi connectivity index (χ0v) is 14.1. The van der Waals surface area contributed by atoms with Crippen molar-refractivity contribution in [2.24, 2.45) is 0 Å². The van der Waals surface area contributed by atoms with Crippen LogP contribution in [0.5, 0.6) is 0 Å². The minimum absolute atomic E-state index is 0.0176. The average molecular weight is 336 g/mol. The van der Waals surface area contributed by atoms with Crippen LogP contribution >= 0.6 is 0 Å². The molecule has 2 N–H and O–H groups in total. The summed E-state index contributed by atoms with van der Waals surface area (Å²) < 4.78 is 4.89. The molecule has 0 fully saturated rings. The number of carbonyl (C=O) groups is 3. The van der Waals surface area contributed by atoms with Crippen LogP contribution in [0.4, 0.5) is 0 Å². The summed E-state index contributed by atoms with van der Waals surface area (Å²) in [6.07, 6.45) is 1.49. The number of carboxylic acids is 1. The fraction of sp³-hybridized carbons (Fsp3) is 0.471. The van der Waals surface area contributed by atoms with Gasteiger partial charge in [0.15, 0.2) is 0 Å². The third-order valence-corrected chi connectivity index (χ3v) is 3.48. The predicted molar refractivity (Wildman–Crippen MR) is 88.9 cm³/mol. The van der Waals surface area contributed by atoms with Gasteiger partial charge in [0, 0.05) is 33.7 Å². The van der Waals surface area contributed by atoms with Crippen molar-refractivity contribution in [3.05, 3.63) is 35.4 Å². The van der Waals surface area contributed by atoms with Gasteiger partial charge in [-0.2, -0.15) is 0 Å². The first kappa shape index (κ1) is 19.6. The summed E-state index contributed by atoms with van der Waals surface area (Å²) in [4.78, 5) is 35.9. The van der Waals surface area contributed by atoms with Crippen molar-refractivity contribution in [2.75, 3.05) is 33.9 Å². The number of nitrogens with one attached hydrogen (secondary N) is 1. The highest BCUT2D eigenvalue weighted by molar-refractivity contribution is 5.87. The fourth-order valence-corrected chi connectivity index (χ4v) is 2.06. The maximum Gasteiger partial charge on any atom is 0.335 e. The number of benzene rings is 1. The van der Waals surface area contributed by atoms with E-state index in [0.29, 0.717) is 19.6 Å². The summed E-state index contributed by atoms with van der Waals surface area (Å²) in [6.45, 7) is 1.12. The standard InChI is InChI=1S/C17H24N2O5/c1-19(12-15(20)18-10-3-11-24-2)16(21)9-6-13-4-7-14(8-5-13)17(22)23/h4-5,7-8H,3,6,9-12H2,1-2H3,(H,18,20)(H,22,23). The van der Waals surface area contributed by atoms with Gasteiger partial charge in [-0.15, -0.1) is 0 Å². The lowest BCUT2D eigenvalue weighted by Crippen LogP contribution is -2.38. The number of likely N-dealkylation sites (N-methyl/N-ethyl adjacent to an activating group) is 1. The van der Waals surface area contributed by atoms with Crippen molar-refractivity contribution in [1.29, 1.82) is 0 Å². The Morgan fingerprint density at radius 1 is 1.21 bits per heavy atom. The Bertz CT molecular complexity index is 557. The topological polar surface area (TPSA) is 95.9 Å². The third-order valence-electron chi connectivity index (χ3n) is 3.48. The summed E-state index contributed by atoms with van der Waals surface area (Å²) in [7, 11) is 3.19. The number of aromatic carboxylic acids is 1. The zero-order chi connectivity index (χ0) is 17.9. The first-order valence-corrected chi connectivity index (χ1v) is 7.76. The molecule has 7 heteroatoms. The van der Waals surface area contributed by atoms with Crippen LogP contribution < -0.4 is 5.32 Å². The maximum atomic E-state index is 12.0. The van der Waals surface area contributed by atoms with Crippen molar-refractivity contribution in [1.82, 2.24) is 10.2 Å². The number of ether oxygens (including phenoxy) is 1. The van der Waals surface area contributed by atoms with E-state index in [-0.39, 0.29) is 30.3 Å². The van der Waals surface area contributed by atoms with Crippen molar-refractivity contribution in [3.63, 3.8) is 0 Å². The minimum Gasteiger partial charge on any atom is -0.478 e. The van der Waals surface area contributed by atoms with Crippen LogP contribution in [0.3, 0.4) is 0 Å². The summed E-state index contributed by atoms with van der Waals surface area (Å²) in [6, 6.07) is 6.41. The molecular formula is C17H24N2O5. The van der Waals surface area contributed by atoms with E-state index in [2.05, 4.69) is 5.32 Å². The number of hydrogen-bond donors (Lipinski definition) is 2. The van der Waals surface area contributed by atoms with Gasteiger partial charge in [0.25, 0.3) is 0 Å². The Morgan fingerprint density at radius 3 is 2.46 bits per heavy atom. The Balaban J connectivity index is 2.33. The monoisotopic (exact) mass is 336 g/mol. The van der Waals surface area contributed by atoms with E-state index in [1.165, 1.54) is 17.0 Å². The molecule has 0 heterocycles. The average Bonchev–Trinajstić information content (AvgIpc) is 2.56. The van der Waals surface area contributed by atoms with Crippen molar-refractivity contribution < 1.29 is 24.2 Å². The second-order valence-electron chi connectivity index (χ2n) is 5.45. The van der Waals surface area contributed by atoms with E-state index in [4.69, 9.17) is 9.84 Å². The van der Waals surface area contributed by atoms with E-state index < -0.39 is 5.97 Å². The van der Waals surface area contributed by atoms with Crippen LogP contribution in [0, 0.1) is 0 Å². The first-order valence-electron chi connectivity index (χ1n) is 7.76. The molecule has 1 aromatic rings. The molecule has 1 rings (SSSR count). The number of nitrogens with zero attached hydrogens (tertiary/aromatic N) is 1. The molecule has 7 nitrogen and oxygen atoms in total. The lowest BCUT2D eigenvalue weighted by Gasteiger charge is -2.17. The van der Waals surface area contributed by atoms with Crippen molar-refractivity contribution in [2.45, 2.75) is 19.3 Å². The normalized spacial score (nSPS) is 10.2. The summed E-state index contributed by atoms with van der Waals surface area (Å²) in [5, 5.41) is 11.6. The molecule has 0 aliphatic heterocycles. The number of amides is 2. The molecule has 0 atom stereocenters. The second kappa shape index (κ2) is 10.4. The molecule has 1 aromatic carbocycles. The van der Waals surface area contributed by atoms with E-state index >= 15 is 0 Å². The highest BCUT2D eigenvalue weighted by Crippen LogP contribution is 2.07. The molecule has 0 saturated carbocycles. The van der Waals surface area contributed by atoms with Gasteiger partial charge >= 0.3 is 5.97 Å². The minimum atomic E-state index is -0.978. The molecule has 24 heavy (non-hydrogen) atoms. The predicted octanol–water partition coefficient (Wildman–Crippen LogP) is 0.929. The molecule has 0 aliphatic rings. The van der Waals surface area contributed by atoms with E-state index in [0.717, 1.165) is 12.0 Å². The largest absolute Gasteiger partial charge is 0.478 e. The molecule has 0 spiro atoms. The van der Waals surface area contributed by atoms with Crippen LogP contribution in [0.2, 0.25) is 0 Å².